The zero-order valence-corrected chi connectivity index (χ0v) is 12.9. The van der Waals surface area contributed by atoms with Gasteiger partial charge in [0.05, 0.1) is 10.6 Å². The van der Waals surface area contributed by atoms with Gasteiger partial charge in [-0.25, -0.2) is 4.39 Å². The molecule has 2 aromatic carbocycles. The zero-order valence-electron chi connectivity index (χ0n) is 9.81. The molecule has 19 heavy (non-hydrogen) atoms. The van der Waals surface area contributed by atoms with Crippen LogP contribution in [0, 0.1) is 12.7 Å². The van der Waals surface area contributed by atoms with Gasteiger partial charge in [-0.15, -0.1) is 0 Å². The van der Waals surface area contributed by atoms with Crippen molar-refractivity contribution in [2.24, 2.45) is 0 Å². The Morgan fingerprint density at radius 2 is 1.84 bits per heavy atom. The van der Waals surface area contributed by atoms with Crippen molar-refractivity contribution in [3.63, 3.8) is 0 Å². The molecule has 0 fully saturated rings. The molecule has 0 saturated heterocycles. The molecule has 0 aliphatic carbocycles. The van der Waals surface area contributed by atoms with Crippen LogP contribution in [-0.2, 0) is 0 Å². The van der Waals surface area contributed by atoms with E-state index in [-0.39, 0.29) is 10.6 Å². The second kappa shape index (κ2) is 5.61. The topological polar surface area (TPSA) is 17.1 Å². The average Bonchev–Trinajstić information content (AvgIpc) is 2.38. The van der Waals surface area contributed by atoms with Crippen molar-refractivity contribution in [3.05, 3.63) is 67.4 Å². The van der Waals surface area contributed by atoms with E-state index in [9.17, 15) is 9.18 Å². The maximum absolute atomic E-state index is 14.0. The Bertz CT molecular complexity index is 671. The minimum atomic E-state index is -0.736. The minimum absolute atomic E-state index is 0.0708. The van der Waals surface area contributed by atoms with Crippen molar-refractivity contribution < 1.29 is 9.18 Å². The number of carbonyl (C=O) groups is 1. The van der Waals surface area contributed by atoms with E-state index in [1.54, 1.807) is 25.1 Å². The second-order valence-electron chi connectivity index (χ2n) is 4.01. The largest absolute Gasteiger partial charge is 0.288 e. The number of ketones is 1. The highest BCUT2D eigenvalue weighted by atomic mass is 79.9. The summed E-state index contributed by atoms with van der Waals surface area (Å²) in [6.07, 6.45) is 0. The summed E-state index contributed by atoms with van der Waals surface area (Å²) < 4.78 is 14.4. The van der Waals surface area contributed by atoms with Gasteiger partial charge in [0, 0.05) is 15.1 Å². The molecule has 2 rings (SSSR count). The highest BCUT2D eigenvalue weighted by Gasteiger charge is 2.19. The number of rotatable bonds is 2. The summed E-state index contributed by atoms with van der Waals surface area (Å²) >= 11 is 14.8. The number of hydrogen-bond donors (Lipinski definition) is 0. The molecule has 0 aromatic heterocycles. The van der Waals surface area contributed by atoms with Crippen LogP contribution in [0.4, 0.5) is 4.39 Å². The molecule has 0 heterocycles. The Hall–Kier alpha value is -0.900. The molecule has 0 radical (unpaired) electrons. The molecule has 0 bridgehead atoms. The lowest BCUT2D eigenvalue weighted by Gasteiger charge is -2.08. The van der Waals surface area contributed by atoms with Gasteiger partial charge in [-0.3, -0.25) is 4.79 Å². The quantitative estimate of drug-likeness (QED) is 0.514. The van der Waals surface area contributed by atoms with Gasteiger partial charge in [0.2, 0.25) is 0 Å². The Morgan fingerprint density at radius 1 is 1.16 bits per heavy atom. The van der Waals surface area contributed by atoms with Crippen LogP contribution in [0.3, 0.4) is 0 Å². The molecule has 0 saturated carbocycles. The van der Waals surface area contributed by atoms with Gasteiger partial charge in [-0.1, -0.05) is 29.3 Å². The van der Waals surface area contributed by atoms with E-state index < -0.39 is 11.6 Å². The molecule has 0 aliphatic heterocycles. The molecule has 0 N–H and O–H groups in total. The fourth-order valence-corrected chi connectivity index (χ4v) is 2.33. The summed E-state index contributed by atoms with van der Waals surface area (Å²) in [7, 11) is 0. The maximum atomic E-state index is 14.0. The standard InChI is InChI=1S/C14H8BrCl2FO/c1-7-2-3-8(16)6-10(7)14(19)9-4-5-11(15)12(17)13(9)18/h2-6H,1H3. The molecule has 0 amide bonds. The van der Waals surface area contributed by atoms with Crippen LogP contribution in [0.25, 0.3) is 0 Å². The van der Waals surface area contributed by atoms with Crippen molar-refractivity contribution >= 4 is 44.9 Å². The lowest BCUT2D eigenvalue weighted by atomic mass is 9.99. The fraction of sp³-hybridized carbons (Fsp3) is 0.0714. The Labute approximate surface area is 128 Å². The van der Waals surface area contributed by atoms with E-state index in [0.717, 1.165) is 5.56 Å². The van der Waals surface area contributed by atoms with Gasteiger partial charge in [-0.05, 0) is 52.7 Å². The second-order valence-corrected chi connectivity index (χ2v) is 5.68. The summed E-state index contributed by atoms with van der Waals surface area (Å²) in [5.41, 5.74) is 1.02. The minimum Gasteiger partial charge on any atom is -0.288 e. The third kappa shape index (κ3) is 2.83. The SMILES string of the molecule is Cc1ccc(Cl)cc1C(=O)c1ccc(Br)c(Cl)c1F. The fourth-order valence-electron chi connectivity index (χ4n) is 1.69. The summed E-state index contributed by atoms with van der Waals surface area (Å²) in [6, 6.07) is 7.85. The van der Waals surface area contributed by atoms with E-state index in [2.05, 4.69) is 15.9 Å². The Kier molecular flexibility index (Phi) is 4.29. The van der Waals surface area contributed by atoms with Gasteiger partial charge in [0.15, 0.2) is 11.6 Å². The predicted molar refractivity (Wildman–Crippen MR) is 78.7 cm³/mol. The van der Waals surface area contributed by atoms with E-state index in [1.165, 1.54) is 12.1 Å². The first kappa shape index (κ1) is 14.5. The van der Waals surface area contributed by atoms with Crippen LogP contribution >= 0.6 is 39.1 Å². The van der Waals surface area contributed by atoms with Crippen LogP contribution in [0.15, 0.2) is 34.8 Å². The third-order valence-electron chi connectivity index (χ3n) is 2.72. The molecule has 5 heteroatoms. The average molecular weight is 362 g/mol. The monoisotopic (exact) mass is 360 g/mol. The van der Waals surface area contributed by atoms with Crippen LogP contribution < -0.4 is 0 Å². The van der Waals surface area contributed by atoms with Crippen molar-refractivity contribution in [2.45, 2.75) is 6.92 Å². The van der Waals surface area contributed by atoms with Crippen molar-refractivity contribution in [1.29, 1.82) is 0 Å². The van der Waals surface area contributed by atoms with Crippen LogP contribution in [0.1, 0.15) is 21.5 Å². The van der Waals surface area contributed by atoms with Gasteiger partial charge in [0.1, 0.15) is 0 Å². The molecular weight excluding hydrogens is 354 g/mol. The first-order valence-corrected chi connectivity index (χ1v) is 6.91. The van der Waals surface area contributed by atoms with Gasteiger partial charge < -0.3 is 0 Å². The van der Waals surface area contributed by atoms with Gasteiger partial charge in [0.25, 0.3) is 0 Å². The first-order chi connectivity index (χ1) is 8.91. The van der Waals surface area contributed by atoms with Gasteiger partial charge >= 0.3 is 0 Å². The maximum Gasteiger partial charge on any atom is 0.196 e. The van der Waals surface area contributed by atoms with Crippen LogP contribution in [0.5, 0.6) is 0 Å². The Balaban J connectivity index is 2.56. The van der Waals surface area contributed by atoms with Crippen LogP contribution in [0.2, 0.25) is 10.0 Å². The number of aryl methyl sites for hydroxylation is 1. The molecule has 1 nitrogen and oxygen atoms in total. The number of carbonyl (C=O) groups excluding carboxylic acids is 1. The Morgan fingerprint density at radius 3 is 2.53 bits per heavy atom. The predicted octanol–water partition coefficient (Wildman–Crippen LogP) is 5.43. The van der Waals surface area contributed by atoms with E-state index in [0.29, 0.717) is 15.1 Å². The molecule has 0 spiro atoms. The van der Waals surface area contributed by atoms with E-state index in [4.69, 9.17) is 23.2 Å². The van der Waals surface area contributed by atoms with E-state index in [1.807, 2.05) is 0 Å². The van der Waals surface area contributed by atoms with E-state index >= 15 is 0 Å². The molecular formula is C14H8BrCl2FO. The van der Waals surface area contributed by atoms with Crippen molar-refractivity contribution in [3.8, 4) is 0 Å². The summed E-state index contributed by atoms with van der Waals surface area (Å²) in [4.78, 5) is 12.3. The molecule has 0 unspecified atom stereocenters. The smallest absolute Gasteiger partial charge is 0.196 e. The summed E-state index contributed by atoms with van der Waals surface area (Å²) in [6.45, 7) is 1.77. The van der Waals surface area contributed by atoms with Crippen molar-refractivity contribution in [2.75, 3.05) is 0 Å². The lowest BCUT2D eigenvalue weighted by Crippen LogP contribution is -2.07. The third-order valence-corrected chi connectivity index (χ3v) is 4.22. The highest BCUT2D eigenvalue weighted by Crippen LogP contribution is 2.29. The normalized spacial score (nSPS) is 10.6. The number of benzene rings is 2. The van der Waals surface area contributed by atoms with Gasteiger partial charge in [-0.2, -0.15) is 0 Å². The summed E-state index contributed by atoms with van der Waals surface area (Å²) in [5.74, 6) is -1.17. The highest BCUT2D eigenvalue weighted by molar-refractivity contribution is 9.10. The molecule has 98 valence electrons. The van der Waals surface area contributed by atoms with Crippen molar-refractivity contribution in [1.82, 2.24) is 0 Å². The number of hydrogen-bond acceptors (Lipinski definition) is 1. The molecule has 2 aromatic rings. The zero-order chi connectivity index (χ0) is 14.2. The van der Waals surface area contributed by atoms with Crippen LogP contribution in [-0.4, -0.2) is 5.78 Å². The first-order valence-electron chi connectivity index (χ1n) is 5.36. The summed E-state index contributed by atoms with van der Waals surface area (Å²) in [5, 5.41) is 0.322. The lowest BCUT2D eigenvalue weighted by molar-refractivity contribution is 0.103. The molecule has 0 atom stereocenters. The molecule has 0 aliphatic rings. The number of halogens is 4.